The van der Waals surface area contributed by atoms with Crippen molar-refractivity contribution in [3.8, 4) is 0 Å². The molecule has 130 valence electrons. The standard InChI is InChI=1S/C16H31NO5/c1-3-22-16-4-6-17(7-5-16)8-9-19-10-11-20-12-13-21-14-15(2)18/h16H,3-14H2,1-2H3. The molecule has 1 aliphatic rings. The number of ether oxygens (including phenoxy) is 4. The molecular weight excluding hydrogens is 286 g/mol. The fourth-order valence-electron chi connectivity index (χ4n) is 2.38. The third kappa shape index (κ3) is 10.2. The minimum absolute atomic E-state index is 0.0358. The van der Waals surface area contributed by atoms with Gasteiger partial charge in [-0.25, -0.2) is 0 Å². The predicted octanol–water partition coefficient (Wildman–Crippen LogP) is 1.13. The summed E-state index contributed by atoms with van der Waals surface area (Å²) in [4.78, 5) is 13.1. The number of carbonyl (C=O) groups excluding carboxylic acids is 1. The van der Waals surface area contributed by atoms with Crippen molar-refractivity contribution < 1.29 is 23.7 Å². The lowest BCUT2D eigenvalue weighted by Gasteiger charge is -2.31. The second kappa shape index (κ2) is 13.0. The van der Waals surface area contributed by atoms with Crippen LogP contribution in [0.4, 0.5) is 0 Å². The summed E-state index contributed by atoms with van der Waals surface area (Å²) in [6.07, 6.45) is 2.69. The second-order valence-corrected chi connectivity index (χ2v) is 5.48. The van der Waals surface area contributed by atoms with Crippen molar-refractivity contribution >= 4 is 5.78 Å². The maximum atomic E-state index is 10.6. The molecule has 0 unspecified atom stereocenters. The maximum absolute atomic E-state index is 10.6. The number of Topliss-reactive ketones (excluding diaryl/α,β-unsaturated/α-hetero) is 1. The van der Waals surface area contributed by atoms with E-state index in [4.69, 9.17) is 18.9 Å². The van der Waals surface area contributed by atoms with E-state index in [1.54, 1.807) is 0 Å². The molecule has 22 heavy (non-hydrogen) atoms. The molecule has 1 saturated heterocycles. The van der Waals surface area contributed by atoms with Crippen molar-refractivity contribution in [2.75, 3.05) is 65.9 Å². The van der Waals surface area contributed by atoms with Crippen molar-refractivity contribution in [2.24, 2.45) is 0 Å². The number of hydrogen-bond acceptors (Lipinski definition) is 6. The number of hydrogen-bond donors (Lipinski definition) is 0. The van der Waals surface area contributed by atoms with E-state index in [-0.39, 0.29) is 12.4 Å². The van der Waals surface area contributed by atoms with Crippen LogP contribution in [0.2, 0.25) is 0 Å². The van der Waals surface area contributed by atoms with Gasteiger partial charge in [-0.3, -0.25) is 4.79 Å². The van der Waals surface area contributed by atoms with E-state index in [2.05, 4.69) is 11.8 Å². The molecule has 0 bridgehead atoms. The SMILES string of the molecule is CCOC1CCN(CCOCCOCCOCC(C)=O)CC1. The number of rotatable bonds is 13. The Morgan fingerprint density at radius 2 is 1.59 bits per heavy atom. The van der Waals surface area contributed by atoms with Crippen LogP contribution in [0.25, 0.3) is 0 Å². The second-order valence-electron chi connectivity index (χ2n) is 5.48. The average Bonchev–Trinajstić information content (AvgIpc) is 2.51. The first-order valence-electron chi connectivity index (χ1n) is 8.29. The fraction of sp³-hybridized carbons (Fsp3) is 0.938. The van der Waals surface area contributed by atoms with Gasteiger partial charge in [-0.2, -0.15) is 0 Å². The molecule has 1 heterocycles. The molecule has 0 aromatic heterocycles. The fourth-order valence-corrected chi connectivity index (χ4v) is 2.38. The lowest BCUT2D eigenvalue weighted by molar-refractivity contribution is -0.122. The third-order valence-electron chi connectivity index (χ3n) is 3.54. The van der Waals surface area contributed by atoms with Gasteiger partial charge in [0.15, 0.2) is 5.78 Å². The molecular formula is C16H31NO5. The molecule has 1 fully saturated rings. The molecule has 6 heteroatoms. The molecule has 0 spiro atoms. The number of nitrogens with zero attached hydrogens (tertiary/aromatic N) is 1. The van der Waals surface area contributed by atoms with Gasteiger partial charge in [-0.1, -0.05) is 0 Å². The van der Waals surface area contributed by atoms with Crippen LogP contribution in [0, 0.1) is 0 Å². The van der Waals surface area contributed by atoms with Crippen molar-refractivity contribution in [2.45, 2.75) is 32.8 Å². The Morgan fingerprint density at radius 3 is 2.18 bits per heavy atom. The Labute approximate surface area is 134 Å². The first-order chi connectivity index (χ1) is 10.7. The topological polar surface area (TPSA) is 57.2 Å². The summed E-state index contributed by atoms with van der Waals surface area (Å²) < 4.78 is 21.7. The van der Waals surface area contributed by atoms with E-state index in [1.807, 2.05) is 0 Å². The van der Waals surface area contributed by atoms with E-state index in [1.165, 1.54) is 6.92 Å². The van der Waals surface area contributed by atoms with Crippen molar-refractivity contribution in [3.63, 3.8) is 0 Å². The first-order valence-corrected chi connectivity index (χ1v) is 8.29. The molecule has 0 atom stereocenters. The van der Waals surface area contributed by atoms with Crippen LogP contribution in [0.3, 0.4) is 0 Å². The summed E-state index contributed by atoms with van der Waals surface area (Å²) in [5.41, 5.74) is 0. The van der Waals surface area contributed by atoms with E-state index in [0.717, 1.165) is 45.7 Å². The van der Waals surface area contributed by atoms with E-state index < -0.39 is 0 Å². The normalized spacial score (nSPS) is 17.0. The highest BCUT2D eigenvalue weighted by Gasteiger charge is 2.18. The monoisotopic (exact) mass is 317 g/mol. The van der Waals surface area contributed by atoms with Crippen molar-refractivity contribution in [1.82, 2.24) is 4.90 Å². The summed E-state index contributed by atoms with van der Waals surface area (Å²) in [5.74, 6) is 0.0358. The zero-order valence-corrected chi connectivity index (χ0v) is 14.1. The molecule has 1 rings (SSSR count). The van der Waals surface area contributed by atoms with Gasteiger partial charge in [-0.15, -0.1) is 0 Å². The lowest BCUT2D eigenvalue weighted by Crippen LogP contribution is -2.38. The lowest BCUT2D eigenvalue weighted by atomic mass is 10.1. The van der Waals surface area contributed by atoms with Crippen molar-refractivity contribution in [1.29, 1.82) is 0 Å². The summed E-state index contributed by atoms with van der Waals surface area (Å²) in [6.45, 7) is 10.6. The van der Waals surface area contributed by atoms with Crippen LogP contribution in [-0.4, -0.2) is 82.7 Å². The highest BCUT2D eigenvalue weighted by Crippen LogP contribution is 2.12. The average molecular weight is 317 g/mol. The molecule has 0 amide bonds. The summed E-state index contributed by atoms with van der Waals surface area (Å²) in [6, 6.07) is 0. The van der Waals surface area contributed by atoms with Crippen molar-refractivity contribution in [3.05, 3.63) is 0 Å². The van der Waals surface area contributed by atoms with Gasteiger partial charge in [-0.05, 0) is 26.7 Å². The highest BCUT2D eigenvalue weighted by atomic mass is 16.5. The summed E-state index contributed by atoms with van der Waals surface area (Å²) in [5, 5.41) is 0. The van der Waals surface area contributed by atoms with E-state index >= 15 is 0 Å². The zero-order valence-electron chi connectivity index (χ0n) is 14.1. The predicted molar refractivity (Wildman–Crippen MR) is 84.2 cm³/mol. The van der Waals surface area contributed by atoms with Gasteiger partial charge in [0.2, 0.25) is 0 Å². The number of piperidine rings is 1. The summed E-state index contributed by atoms with van der Waals surface area (Å²) >= 11 is 0. The number of ketones is 1. The van der Waals surface area contributed by atoms with Crippen LogP contribution >= 0.6 is 0 Å². The number of likely N-dealkylation sites (tertiary alicyclic amines) is 1. The minimum atomic E-state index is 0.0358. The highest BCUT2D eigenvalue weighted by molar-refractivity contribution is 5.76. The Morgan fingerprint density at radius 1 is 1.00 bits per heavy atom. The van der Waals surface area contributed by atoms with Gasteiger partial charge < -0.3 is 23.8 Å². The summed E-state index contributed by atoms with van der Waals surface area (Å²) in [7, 11) is 0. The molecule has 1 aliphatic heterocycles. The third-order valence-corrected chi connectivity index (χ3v) is 3.54. The molecule has 0 aromatic carbocycles. The van der Waals surface area contributed by atoms with Gasteiger partial charge in [0, 0.05) is 26.2 Å². The van der Waals surface area contributed by atoms with Crippen LogP contribution in [-0.2, 0) is 23.7 Å². The molecule has 0 N–H and O–H groups in total. The molecule has 0 aliphatic carbocycles. The molecule has 0 aromatic rings. The van der Waals surface area contributed by atoms with Gasteiger partial charge in [0.25, 0.3) is 0 Å². The Kier molecular flexibility index (Phi) is 11.5. The van der Waals surface area contributed by atoms with Crippen LogP contribution in [0.15, 0.2) is 0 Å². The Balaban J connectivity index is 1.81. The van der Waals surface area contributed by atoms with Gasteiger partial charge in [0.05, 0.1) is 39.1 Å². The van der Waals surface area contributed by atoms with E-state index in [0.29, 0.717) is 32.5 Å². The van der Waals surface area contributed by atoms with Crippen LogP contribution in [0.5, 0.6) is 0 Å². The van der Waals surface area contributed by atoms with Gasteiger partial charge in [0.1, 0.15) is 6.61 Å². The van der Waals surface area contributed by atoms with Crippen LogP contribution < -0.4 is 0 Å². The first kappa shape index (κ1) is 19.5. The van der Waals surface area contributed by atoms with E-state index in [9.17, 15) is 4.79 Å². The van der Waals surface area contributed by atoms with Crippen LogP contribution in [0.1, 0.15) is 26.7 Å². The zero-order chi connectivity index (χ0) is 16.0. The quantitative estimate of drug-likeness (QED) is 0.475. The Bertz CT molecular complexity index is 280. The number of carbonyl (C=O) groups is 1. The van der Waals surface area contributed by atoms with Gasteiger partial charge >= 0.3 is 0 Å². The maximum Gasteiger partial charge on any atom is 0.155 e. The molecule has 0 saturated carbocycles. The largest absolute Gasteiger partial charge is 0.378 e. The minimum Gasteiger partial charge on any atom is -0.378 e. The molecule has 6 nitrogen and oxygen atoms in total. The Hall–Kier alpha value is -0.530. The smallest absolute Gasteiger partial charge is 0.155 e. The molecule has 0 radical (unpaired) electrons.